The number of nitrogens with one attached hydrogen (secondary N) is 1. The predicted molar refractivity (Wildman–Crippen MR) is 73.9 cm³/mol. The van der Waals surface area contributed by atoms with Gasteiger partial charge in [-0.25, -0.2) is 4.39 Å². The second kappa shape index (κ2) is 6.38. The average Bonchev–Trinajstić information content (AvgIpc) is 2.84. The fraction of sp³-hybridized carbons (Fsp3) is 0.333. The molecule has 3 nitrogen and oxygen atoms in total. The zero-order valence-electron chi connectivity index (χ0n) is 11.3. The molecule has 0 spiro atoms. The highest BCUT2D eigenvalue weighted by Crippen LogP contribution is 2.18. The van der Waals surface area contributed by atoms with Crippen molar-refractivity contribution in [1.29, 1.82) is 0 Å². The molecule has 2 aromatic rings. The molecular formula is C15H19FN2O. The molecule has 4 heteroatoms. The van der Waals surface area contributed by atoms with E-state index in [0.29, 0.717) is 6.54 Å². The molecule has 1 heterocycles. The third-order valence-electron chi connectivity index (χ3n) is 3.05. The molecule has 1 aromatic carbocycles. The summed E-state index contributed by atoms with van der Waals surface area (Å²) in [6.45, 7) is 4.49. The van der Waals surface area contributed by atoms with Gasteiger partial charge in [0.05, 0.1) is 7.11 Å². The van der Waals surface area contributed by atoms with Gasteiger partial charge in [-0.3, -0.25) is 0 Å². The zero-order valence-corrected chi connectivity index (χ0v) is 11.3. The first-order chi connectivity index (χ1) is 9.24. The quantitative estimate of drug-likeness (QED) is 0.866. The van der Waals surface area contributed by atoms with Crippen LogP contribution in [0.25, 0.3) is 0 Å². The molecule has 0 aliphatic rings. The summed E-state index contributed by atoms with van der Waals surface area (Å²) >= 11 is 0. The van der Waals surface area contributed by atoms with Crippen molar-refractivity contribution in [3.05, 3.63) is 53.6 Å². The lowest BCUT2D eigenvalue weighted by molar-refractivity contribution is 0.386. The maximum Gasteiger partial charge on any atom is 0.165 e. The molecule has 102 valence electrons. The fourth-order valence-corrected chi connectivity index (χ4v) is 2.02. The van der Waals surface area contributed by atoms with E-state index in [2.05, 4.69) is 22.9 Å². The number of aromatic nitrogens is 1. The molecule has 0 fully saturated rings. The number of methoxy groups -OCH3 is 1. The molecule has 0 saturated carbocycles. The highest BCUT2D eigenvalue weighted by Gasteiger charge is 2.05. The Morgan fingerprint density at radius 1 is 1.32 bits per heavy atom. The van der Waals surface area contributed by atoms with Gasteiger partial charge in [0.1, 0.15) is 0 Å². The molecule has 1 aromatic heterocycles. The first kappa shape index (κ1) is 13.6. The first-order valence-corrected chi connectivity index (χ1v) is 6.41. The van der Waals surface area contributed by atoms with Crippen molar-refractivity contribution in [3.63, 3.8) is 0 Å². The van der Waals surface area contributed by atoms with Crippen molar-refractivity contribution in [2.45, 2.75) is 20.0 Å². The summed E-state index contributed by atoms with van der Waals surface area (Å²) in [6.07, 6.45) is 2.01. The summed E-state index contributed by atoms with van der Waals surface area (Å²) in [5.74, 6) is -0.0375. The van der Waals surface area contributed by atoms with E-state index in [1.807, 2.05) is 18.3 Å². The Labute approximate surface area is 113 Å². The largest absolute Gasteiger partial charge is 0.494 e. The van der Waals surface area contributed by atoms with Crippen molar-refractivity contribution in [3.8, 4) is 5.75 Å². The van der Waals surface area contributed by atoms with E-state index in [9.17, 15) is 4.39 Å². The van der Waals surface area contributed by atoms with E-state index in [4.69, 9.17) is 4.74 Å². The van der Waals surface area contributed by atoms with E-state index in [-0.39, 0.29) is 11.6 Å². The summed E-state index contributed by atoms with van der Waals surface area (Å²) in [4.78, 5) is 0. The standard InChI is InChI=1S/C15H19FN2O/c1-3-17-10-13-5-4-8-18(13)11-12-6-7-15(19-2)14(16)9-12/h4-9,17H,3,10-11H2,1-2H3. The van der Waals surface area contributed by atoms with E-state index < -0.39 is 0 Å². The van der Waals surface area contributed by atoms with Gasteiger partial charge in [-0.15, -0.1) is 0 Å². The summed E-state index contributed by atoms with van der Waals surface area (Å²) in [5.41, 5.74) is 2.12. The van der Waals surface area contributed by atoms with Crippen molar-refractivity contribution in [2.24, 2.45) is 0 Å². The monoisotopic (exact) mass is 262 g/mol. The molecule has 19 heavy (non-hydrogen) atoms. The highest BCUT2D eigenvalue weighted by molar-refractivity contribution is 5.29. The van der Waals surface area contributed by atoms with Gasteiger partial charge >= 0.3 is 0 Å². The number of halogens is 1. The summed E-state index contributed by atoms with van der Waals surface area (Å²) in [5, 5.41) is 3.29. The lowest BCUT2D eigenvalue weighted by Gasteiger charge is -2.11. The van der Waals surface area contributed by atoms with Crippen molar-refractivity contribution < 1.29 is 9.13 Å². The highest BCUT2D eigenvalue weighted by atomic mass is 19.1. The van der Waals surface area contributed by atoms with Crippen LogP contribution in [0.2, 0.25) is 0 Å². The Balaban J connectivity index is 2.12. The average molecular weight is 262 g/mol. The summed E-state index contributed by atoms with van der Waals surface area (Å²) in [6, 6.07) is 9.15. The molecule has 1 N–H and O–H groups in total. The smallest absolute Gasteiger partial charge is 0.165 e. The Bertz CT molecular complexity index is 537. The van der Waals surface area contributed by atoms with Gasteiger partial charge in [0.2, 0.25) is 0 Å². The summed E-state index contributed by atoms with van der Waals surface area (Å²) < 4.78 is 20.7. The minimum absolute atomic E-state index is 0.282. The number of hydrogen-bond donors (Lipinski definition) is 1. The first-order valence-electron chi connectivity index (χ1n) is 6.41. The van der Waals surface area contributed by atoms with E-state index in [0.717, 1.165) is 18.7 Å². The topological polar surface area (TPSA) is 26.2 Å². The van der Waals surface area contributed by atoms with Crippen molar-refractivity contribution in [2.75, 3.05) is 13.7 Å². The van der Waals surface area contributed by atoms with Gasteiger partial charge in [0, 0.05) is 25.0 Å². The zero-order chi connectivity index (χ0) is 13.7. The third kappa shape index (κ3) is 3.35. The summed E-state index contributed by atoms with van der Waals surface area (Å²) in [7, 11) is 1.47. The molecule has 0 atom stereocenters. The SMILES string of the molecule is CCNCc1cccn1Cc1ccc(OC)c(F)c1. The van der Waals surface area contributed by atoms with Gasteiger partial charge in [-0.05, 0) is 36.4 Å². The number of hydrogen-bond acceptors (Lipinski definition) is 2. The van der Waals surface area contributed by atoms with Crippen molar-refractivity contribution >= 4 is 0 Å². The molecule has 0 radical (unpaired) electrons. The molecule has 0 bridgehead atoms. The molecule has 0 amide bonds. The maximum absolute atomic E-state index is 13.6. The number of ether oxygens (including phenoxy) is 1. The van der Waals surface area contributed by atoms with Crippen molar-refractivity contribution in [1.82, 2.24) is 9.88 Å². The van der Waals surface area contributed by atoms with Gasteiger partial charge < -0.3 is 14.6 Å². The van der Waals surface area contributed by atoms with E-state index in [1.54, 1.807) is 6.07 Å². The Morgan fingerprint density at radius 2 is 2.16 bits per heavy atom. The van der Waals surface area contributed by atoms with Crippen LogP contribution in [0.5, 0.6) is 5.75 Å². The lowest BCUT2D eigenvalue weighted by Crippen LogP contribution is -2.15. The molecule has 0 saturated heterocycles. The minimum atomic E-state index is -0.319. The lowest BCUT2D eigenvalue weighted by atomic mass is 10.2. The van der Waals surface area contributed by atoms with Crippen LogP contribution in [0, 0.1) is 5.82 Å². The Hall–Kier alpha value is -1.81. The molecule has 0 aliphatic heterocycles. The number of nitrogens with zero attached hydrogens (tertiary/aromatic N) is 1. The van der Waals surface area contributed by atoms with Gasteiger partial charge in [0.15, 0.2) is 11.6 Å². The van der Waals surface area contributed by atoms with Gasteiger partial charge in [0.25, 0.3) is 0 Å². The van der Waals surface area contributed by atoms with Crippen LogP contribution < -0.4 is 10.1 Å². The fourth-order valence-electron chi connectivity index (χ4n) is 2.02. The Kier molecular flexibility index (Phi) is 4.58. The third-order valence-corrected chi connectivity index (χ3v) is 3.05. The second-order valence-corrected chi connectivity index (χ2v) is 4.38. The van der Waals surface area contributed by atoms with Crippen LogP contribution in [0.4, 0.5) is 4.39 Å². The number of rotatable bonds is 6. The van der Waals surface area contributed by atoms with Crippen LogP contribution in [0.1, 0.15) is 18.2 Å². The molecule has 2 rings (SSSR count). The predicted octanol–water partition coefficient (Wildman–Crippen LogP) is 2.79. The van der Waals surface area contributed by atoms with Gasteiger partial charge in [-0.1, -0.05) is 13.0 Å². The Morgan fingerprint density at radius 3 is 2.84 bits per heavy atom. The normalized spacial score (nSPS) is 10.7. The van der Waals surface area contributed by atoms with Crippen LogP contribution >= 0.6 is 0 Å². The molecule has 0 aliphatic carbocycles. The molecule has 0 unspecified atom stereocenters. The molecular weight excluding hydrogens is 243 g/mol. The van der Waals surface area contributed by atoms with E-state index in [1.165, 1.54) is 18.9 Å². The second-order valence-electron chi connectivity index (χ2n) is 4.38. The van der Waals surface area contributed by atoms with Crippen LogP contribution in [0.15, 0.2) is 36.5 Å². The number of benzene rings is 1. The van der Waals surface area contributed by atoms with Gasteiger partial charge in [-0.2, -0.15) is 0 Å². The van der Waals surface area contributed by atoms with Crippen LogP contribution in [-0.4, -0.2) is 18.2 Å². The van der Waals surface area contributed by atoms with Crippen LogP contribution in [0.3, 0.4) is 0 Å². The minimum Gasteiger partial charge on any atom is -0.494 e. The van der Waals surface area contributed by atoms with Crippen LogP contribution in [-0.2, 0) is 13.1 Å². The maximum atomic E-state index is 13.6. The van der Waals surface area contributed by atoms with E-state index >= 15 is 0 Å².